The van der Waals surface area contributed by atoms with E-state index >= 15 is 0 Å². The van der Waals surface area contributed by atoms with Crippen LogP contribution in [0.4, 0.5) is 5.69 Å². The van der Waals surface area contributed by atoms with Crippen LogP contribution < -0.4 is 5.73 Å². The Kier molecular flexibility index (Phi) is 3.89. The molecule has 90 valence electrons. The number of fused-ring (bicyclic) bond motifs is 1. The van der Waals surface area contributed by atoms with Gasteiger partial charge in [0, 0.05) is 11.1 Å². The van der Waals surface area contributed by atoms with E-state index in [1.54, 1.807) is 0 Å². The molecular weight excluding hydrogens is 228 g/mol. The number of benzene rings is 1. The van der Waals surface area contributed by atoms with Crippen molar-refractivity contribution in [1.29, 1.82) is 0 Å². The van der Waals surface area contributed by atoms with Crippen LogP contribution in [0.25, 0.3) is 10.9 Å². The monoisotopic (exact) mass is 246 g/mol. The molecule has 2 nitrogen and oxygen atoms in total. The van der Waals surface area contributed by atoms with E-state index in [1.807, 2.05) is 30.0 Å². The van der Waals surface area contributed by atoms with Crippen molar-refractivity contribution in [2.24, 2.45) is 5.92 Å². The molecule has 0 saturated heterocycles. The lowest BCUT2D eigenvalue weighted by atomic mass is 10.2. The van der Waals surface area contributed by atoms with Crippen molar-refractivity contribution in [1.82, 2.24) is 4.98 Å². The Balaban J connectivity index is 2.12. The molecule has 0 spiro atoms. The quantitative estimate of drug-likeness (QED) is 0.655. The van der Waals surface area contributed by atoms with Crippen molar-refractivity contribution in [3.05, 3.63) is 30.3 Å². The number of nitrogen functional groups attached to an aromatic ring is 1. The van der Waals surface area contributed by atoms with E-state index in [9.17, 15) is 0 Å². The number of rotatable bonds is 4. The first-order chi connectivity index (χ1) is 8.15. The Labute approximate surface area is 107 Å². The highest BCUT2D eigenvalue weighted by atomic mass is 32.2. The van der Waals surface area contributed by atoms with Crippen LogP contribution in [-0.2, 0) is 0 Å². The van der Waals surface area contributed by atoms with Crippen molar-refractivity contribution in [3.63, 3.8) is 0 Å². The maximum Gasteiger partial charge on any atom is 0.0967 e. The second-order valence-electron chi connectivity index (χ2n) is 4.63. The Bertz CT molecular complexity index is 509. The summed E-state index contributed by atoms with van der Waals surface area (Å²) in [6.07, 6.45) is 1.23. The third-order valence-electron chi connectivity index (χ3n) is 2.63. The largest absolute Gasteiger partial charge is 0.399 e. The van der Waals surface area contributed by atoms with Crippen LogP contribution in [0.5, 0.6) is 0 Å². The molecule has 0 aliphatic rings. The van der Waals surface area contributed by atoms with Gasteiger partial charge in [0.05, 0.1) is 10.5 Å². The van der Waals surface area contributed by atoms with Gasteiger partial charge in [-0.2, -0.15) is 0 Å². The van der Waals surface area contributed by atoms with Gasteiger partial charge >= 0.3 is 0 Å². The maximum absolute atomic E-state index is 5.74. The molecule has 0 amide bonds. The first kappa shape index (κ1) is 12.2. The van der Waals surface area contributed by atoms with Crippen LogP contribution in [0.1, 0.15) is 20.3 Å². The predicted molar refractivity (Wildman–Crippen MR) is 76.3 cm³/mol. The minimum absolute atomic E-state index is 0.753. The number of pyridine rings is 1. The molecule has 2 rings (SSSR count). The van der Waals surface area contributed by atoms with E-state index in [0.29, 0.717) is 0 Å². The molecule has 0 fully saturated rings. The van der Waals surface area contributed by atoms with E-state index in [1.165, 1.54) is 6.42 Å². The molecule has 2 aromatic rings. The Morgan fingerprint density at radius 2 is 2.06 bits per heavy atom. The summed E-state index contributed by atoms with van der Waals surface area (Å²) >= 11 is 1.83. The Hall–Kier alpha value is -1.22. The predicted octanol–water partition coefficient (Wildman–Crippen LogP) is 3.96. The number of anilines is 1. The van der Waals surface area contributed by atoms with Gasteiger partial charge in [0.2, 0.25) is 0 Å². The fourth-order valence-electron chi connectivity index (χ4n) is 1.60. The fraction of sp³-hybridized carbons (Fsp3) is 0.357. The number of hydrogen-bond donors (Lipinski definition) is 1. The van der Waals surface area contributed by atoms with Crippen molar-refractivity contribution >= 4 is 28.4 Å². The van der Waals surface area contributed by atoms with Crippen LogP contribution in [-0.4, -0.2) is 10.7 Å². The molecule has 0 radical (unpaired) electrons. The summed E-state index contributed by atoms with van der Waals surface area (Å²) in [4.78, 5) is 4.62. The summed E-state index contributed by atoms with van der Waals surface area (Å²) < 4.78 is 0. The summed E-state index contributed by atoms with van der Waals surface area (Å²) in [5.74, 6) is 1.88. The third kappa shape index (κ3) is 3.37. The van der Waals surface area contributed by atoms with Gasteiger partial charge in [-0.05, 0) is 42.4 Å². The lowest BCUT2D eigenvalue weighted by Gasteiger charge is -2.05. The van der Waals surface area contributed by atoms with Crippen molar-refractivity contribution in [3.8, 4) is 0 Å². The zero-order chi connectivity index (χ0) is 12.3. The fourth-order valence-corrected chi connectivity index (χ4v) is 2.73. The highest BCUT2D eigenvalue weighted by molar-refractivity contribution is 7.99. The molecule has 3 heteroatoms. The molecular formula is C14H18N2S. The average Bonchev–Trinajstić information content (AvgIpc) is 2.29. The average molecular weight is 246 g/mol. The summed E-state index contributed by atoms with van der Waals surface area (Å²) in [5.41, 5.74) is 7.56. The van der Waals surface area contributed by atoms with Crippen LogP contribution in [0.3, 0.4) is 0 Å². The van der Waals surface area contributed by atoms with E-state index in [0.717, 1.165) is 33.3 Å². The molecule has 0 aliphatic carbocycles. The number of aromatic nitrogens is 1. The molecule has 17 heavy (non-hydrogen) atoms. The highest BCUT2D eigenvalue weighted by Crippen LogP contribution is 2.22. The zero-order valence-electron chi connectivity index (χ0n) is 10.3. The van der Waals surface area contributed by atoms with Crippen molar-refractivity contribution < 1.29 is 0 Å². The SMILES string of the molecule is CC(C)CCSc1ccc2cc(N)ccc2n1. The Morgan fingerprint density at radius 1 is 1.24 bits per heavy atom. The van der Waals surface area contributed by atoms with Crippen LogP contribution in [0.15, 0.2) is 35.4 Å². The van der Waals surface area contributed by atoms with E-state index < -0.39 is 0 Å². The second kappa shape index (κ2) is 5.41. The normalized spacial score (nSPS) is 11.2. The van der Waals surface area contributed by atoms with Crippen LogP contribution >= 0.6 is 11.8 Å². The molecule has 0 unspecified atom stereocenters. The van der Waals surface area contributed by atoms with Crippen LogP contribution in [0, 0.1) is 5.92 Å². The number of nitrogens with two attached hydrogens (primary N) is 1. The first-order valence-electron chi connectivity index (χ1n) is 5.94. The molecule has 1 aromatic carbocycles. The lowest BCUT2D eigenvalue weighted by Crippen LogP contribution is -1.91. The van der Waals surface area contributed by atoms with Gasteiger partial charge in [0.25, 0.3) is 0 Å². The van der Waals surface area contributed by atoms with Gasteiger partial charge in [0.1, 0.15) is 0 Å². The lowest BCUT2D eigenvalue weighted by molar-refractivity contribution is 0.632. The van der Waals surface area contributed by atoms with Crippen molar-refractivity contribution in [2.75, 3.05) is 11.5 Å². The molecule has 0 aliphatic heterocycles. The van der Waals surface area contributed by atoms with Crippen LogP contribution in [0.2, 0.25) is 0 Å². The van der Waals surface area contributed by atoms with Gasteiger partial charge in [-0.1, -0.05) is 19.9 Å². The molecule has 1 heterocycles. The van der Waals surface area contributed by atoms with Gasteiger partial charge in [0.15, 0.2) is 0 Å². The van der Waals surface area contributed by atoms with E-state index in [-0.39, 0.29) is 0 Å². The minimum atomic E-state index is 0.753. The molecule has 0 bridgehead atoms. The summed E-state index contributed by atoms with van der Waals surface area (Å²) in [7, 11) is 0. The Morgan fingerprint density at radius 3 is 2.82 bits per heavy atom. The zero-order valence-corrected chi connectivity index (χ0v) is 11.1. The van der Waals surface area contributed by atoms with Gasteiger partial charge < -0.3 is 5.73 Å². The topological polar surface area (TPSA) is 38.9 Å². The highest BCUT2D eigenvalue weighted by Gasteiger charge is 2.01. The number of thioether (sulfide) groups is 1. The molecule has 0 atom stereocenters. The van der Waals surface area contributed by atoms with E-state index in [2.05, 4.69) is 31.0 Å². The molecule has 2 N–H and O–H groups in total. The summed E-state index contributed by atoms with van der Waals surface area (Å²) in [6, 6.07) is 10.0. The second-order valence-corrected chi connectivity index (χ2v) is 5.75. The number of hydrogen-bond acceptors (Lipinski definition) is 3. The summed E-state index contributed by atoms with van der Waals surface area (Å²) in [6.45, 7) is 4.49. The smallest absolute Gasteiger partial charge is 0.0967 e. The number of nitrogens with zero attached hydrogens (tertiary/aromatic N) is 1. The maximum atomic E-state index is 5.74. The van der Waals surface area contributed by atoms with Crippen molar-refractivity contribution in [2.45, 2.75) is 25.3 Å². The molecule has 1 aromatic heterocycles. The molecule has 0 saturated carbocycles. The minimum Gasteiger partial charge on any atom is -0.399 e. The van der Waals surface area contributed by atoms with Gasteiger partial charge in [-0.25, -0.2) is 4.98 Å². The summed E-state index contributed by atoms with van der Waals surface area (Å²) in [5, 5.41) is 2.21. The third-order valence-corrected chi connectivity index (χ3v) is 3.60. The standard InChI is InChI=1S/C14H18N2S/c1-10(2)7-8-17-14-6-3-11-9-12(15)4-5-13(11)16-14/h3-6,9-10H,7-8,15H2,1-2H3. The van der Waals surface area contributed by atoms with Gasteiger partial charge in [-0.15, -0.1) is 11.8 Å². The van der Waals surface area contributed by atoms with E-state index in [4.69, 9.17) is 5.73 Å². The first-order valence-corrected chi connectivity index (χ1v) is 6.93. The van der Waals surface area contributed by atoms with Gasteiger partial charge in [-0.3, -0.25) is 0 Å².